The number of ether oxygens (including phenoxy) is 1. The van der Waals surface area contributed by atoms with Gasteiger partial charge in [0.05, 0.1) is 30.1 Å². The number of methoxy groups -OCH3 is 1. The summed E-state index contributed by atoms with van der Waals surface area (Å²) in [5, 5.41) is 4.44. The van der Waals surface area contributed by atoms with Crippen LogP contribution in [-0.2, 0) is 11.3 Å². The molecule has 0 spiro atoms. The highest BCUT2D eigenvalue weighted by molar-refractivity contribution is 6.36. The summed E-state index contributed by atoms with van der Waals surface area (Å²) in [6.45, 7) is 2.12. The highest BCUT2D eigenvalue weighted by Gasteiger charge is 2.07. The molecule has 19 heavy (non-hydrogen) atoms. The number of nitrogens with zero attached hydrogens (tertiary/aromatic N) is 1. The number of nitrogens with one attached hydrogen (secondary N) is 2. The fraction of sp³-hybridized carbons (Fsp3) is 0.308. The van der Waals surface area contributed by atoms with E-state index in [4.69, 9.17) is 27.9 Å². The monoisotopic (exact) mass is 299 g/mol. The predicted molar refractivity (Wildman–Crippen MR) is 77.6 cm³/mol. The average molecular weight is 300 g/mol. The van der Waals surface area contributed by atoms with Crippen molar-refractivity contribution in [1.29, 1.82) is 0 Å². The summed E-state index contributed by atoms with van der Waals surface area (Å²) in [7, 11) is 1.68. The number of imidazole rings is 1. The van der Waals surface area contributed by atoms with E-state index in [0.29, 0.717) is 23.2 Å². The molecule has 0 bridgehead atoms. The molecule has 0 aliphatic rings. The fourth-order valence-electron chi connectivity index (χ4n) is 1.68. The Labute approximate surface area is 122 Å². The summed E-state index contributed by atoms with van der Waals surface area (Å²) in [6, 6.07) is 5.40. The first kappa shape index (κ1) is 14.3. The molecule has 0 aliphatic heterocycles. The van der Waals surface area contributed by atoms with E-state index in [1.165, 1.54) is 0 Å². The smallest absolute Gasteiger partial charge is 0.120 e. The molecule has 0 saturated heterocycles. The molecule has 2 rings (SSSR count). The number of hydrogen-bond donors (Lipinski definition) is 2. The lowest BCUT2D eigenvalue weighted by molar-refractivity contribution is 0.199. The number of hydrogen-bond acceptors (Lipinski definition) is 3. The van der Waals surface area contributed by atoms with Crippen LogP contribution < -0.4 is 5.32 Å². The van der Waals surface area contributed by atoms with Crippen LogP contribution in [0.1, 0.15) is 5.82 Å². The lowest BCUT2D eigenvalue weighted by Gasteiger charge is -2.02. The Balaban J connectivity index is 2.04. The Morgan fingerprint density at radius 1 is 1.37 bits per heavy atom. The van der Waals surface area contributed by atoms with Gasteiger partial charge in [-0.25, -0.2) is 4.98 Å². The molecule has 1 aromatic heterocycles. The third-order valence-corrected chi connectivity index (χ3v) is 3.17. The highest BCUT2D eigenvalue weighted by Crippen LogP contribution is 2.28. The molecule has 0 amide bonds. The fourth-order valence-corrected chi connectivity index (χ4v) is 2.19. The second-order valence-corrected chi connectivity index (χ2v) is 4.88. The van der Waals surface area contributed by atoms with Crippen LogP contribution in [0.4, 0.5) is 0 Å². The molecule has 1 aromatic carbocycles. The van der Waals surface area contributed by atoms with E-state index in [-0.39, 0.29) is 0 Å². The number of rotatable bonds is 6. The van der Waals surface area contributed by atoms with Crippen molar-refractivity contribution in [2.75, 3.05) is 20.3 Å². The number of H-pyrrole nitrogens is 1. The maximum absolute atomic E-state index is 6.15. The SMILES string of the molecule is COCCNCc1ncc(-c2ccc(Cl)cc2Cl)[nH]1. The number of benzene rings is 1. The van der Waals surface area contributed by atoms with Crippen LogP contribution in [0.2, 0.25) is 10.0 Å². The third kappa shape index (κ3) is 3.94. The Hall–Kier alpha value is -1.07. The summed E-state index contributed by atoms with van der Waals surface area (Å²) in [5.41, 5.74) is 1.77. The standard InChI is InChI=1S/C13H15Cl2N3O/c1-19-5-4-16-8-13-17-7-12(18-13)10-3-2-9(14)6-11(10)15/h2-3,6-7,16H,4-5,8H2,1H3,(H,17,18). The summed E-state index contributed by atoms with van der Waals surface area (Å²) < 4.78 is 4.96. The first-order valence-electron chi connectivity index (χ1n) is 5.89. The minimum Gasteiger partial charge on any atom is -0.383 e. The van der Waals surface area contributed by atoms with Gasteiger partial charge in [-0.2, -0.15) is 0 Å². The van der Waals surface area contributed by atoms with E-state index in [2.05, 4.69) is 15.3 Å². The molecule has 0 unspecified atom stereocenters. The average Bonchev–Trinajstić information content (AvgIpc) is 2.83. The molecular formula is C13H15Cl2N3O. The minimum absolute atomic E-state index is 0.607. The van der Waals surface area contributed by atoms with Crippen LogP contribution in [0.15, 0.2) is 24.4 Å². The van der Waals surface area contributed by atoms with Crippen LogP contribution in [0, 0.1) is 0 Å². The molecule has 1 heterocycles. The number of halogens is 2. The first-order valence-corrected chi connectivity index (χ1v) is 6.65. The molecule has 102 valence electrons. The van der Waals surface area contributed by atoms with Gasteiger partial charge in [0.2, 0.25) is 0 Å². The zero-order valence-electron chi connectivity index (χ0n) is 10.5. The number of aromatic amines is 1. The second kappa shape index (κ2) is 6.91. The maximum atomic E-state index is 6.15. The van der Waals surface area contributed by atoms with Gasteiger partial charge in [-0.1, -0.05) is 23.2 Å². The van der Waals surface area contributed by atoms with Crippen LogP contribution in [0.25, 0.3) is 11.3 Å². The van der Waals surface area contributed by atoms with E-state index < -0.39 is 0 Å². The van der Waals surface area contributed by atoms with Crippen molar-refractivity contribution in [3.63, 3.8) is 0 Å². The van der Waals surface area contributed by atoms with E-state index >= 15 is 0 Å². The van der Waals surface area contributed by atoms with Gasteiger partial charge >= 0.3 is 0 Å². The Morgan fingerprint density at radius 2 is 2.21 bits per heavy atom. The van der Waals surface area contributed by atoms with Gasteiger partial charge in [0.15, 0.2) is 0 Å². The largest absolute Gasteiger partial charge is 0.383 e. The van der Waals surface area contributed by atoms with Crippen LogP contribution in [0.3, 0.4) is 0 Å². The molecule has 0 saturated carbocycles. The van der Waals surface area contributed by atoms with Crippen molar-refractivity contribution < 1.29 is 4.74 Å². The molecule has 2 N–H and O–H groups in total. The van der Waals surface area contributed by atoms with Gasteiger partial charge in [-0.05, 0) is 18.2 Å². The lowest BCUT2D eigenvalue weighted by Crippen LogP contribution is -2.19. The van der Waals surface area contributed by atoms with Gasteiger partial charge in [0, 0.05) is 24.2 Å². The zero-order chi connectivity index (χ0) is 13.7. The molecule has 6 heteroatoms. The van der Waals surface area contributed by atoms with Gasteiger partial charge in [0.25, 0.3) is 0 Å². The minimum atomic E-state index is 0.607. The zero-order valence-corrected chi connectivity index (χ0v) is 12.1. The molecule has 0 aliphatic carbocycles. The van der Waals surface area contributed by atoms with Crippen LogP contribution in [0.5, 0.6) is 0 Å². The Bertz CT molecular complexity index is 542. The van der Waals surface area contributed by atoms with Crippen LogP contribution in [-0.4, -0.2) is 30.2 Å². The molecule has 2 aromatic rings. The Kier molecular flexibility index (Phi) is 5.22. The second-order valence-electron chi connectivity index (χ2n) is 4.04. The van der Waals surface area contributed by atoms with Crippen molar-refractivity contribution in [3.05, 3.63) is 40.3 Å². The van der Waals surface area contributed by atoms with Gasteiger partial charge in [-0.15, -0.1) is 0 Å². The summed E-state index contributed by atoms with van der Waals surface area (Å²) in [4.78, 5) is 7.53. The van der Waals surface area contributed by atoms with Crippen molar-refractivity contribution in [2.45, 2.75) is 6.54 Å². The molecule has 0 radical (unpaired) electrons. The lowest BCUT2D eigenvalue weighted by atomic mass is 10.2. The predicted octanol–water partition coefficient (Wildman–Crippen LogP) is 3.12. The highest BCUT2D eigenvalue weighted by atomic mass is 35.5. The van der Waals surface area contributed by atoms with E-state index in [0.717, 1.165) is 23.6 Å². The molecule has 0 atom stereocenters. The van der Waals surface area contributed by atoms with E-state index in [1.807, 2.05) is 6.07 Å². The summed E-state index contributed by atoms with van der Waals surface area (Å²) in [5.74, 6) is 0.858. The van der Waals surface area contributed by atoms with Gasteiger partial charge in [-0.3, -0.25) is 0 Å². The molecular weight excluding hydrogens is 285 g/mol. The van der Waals surface area contributed by atoms with Crippen molar-refractivity contribution in [1.82, 2.24) is 15.3 Å². The molecule has 0 fully saturated rings. The van der Waals surface area contributed by atoms with Crippen molar-refractivity contribution in [3.8, 4) is 11.3 Å². The normalized spacial score (nSPS) is 10.9. The topological polar surface area (TPSA) is 49.9 Å². The van der Waals surface area contributed by atoms with Gasteiger partial charge in [0.1, 0.15) is 5.82 Å². The summed E-state index contributed by atoms with van der Waals surface area (Å²) in [6.07, 6.45) is 1.77. The quantitative estimate of drug-likeness (QED) is 0.806. The first-order chi connectivity index (χ1) is 9.20. The number of aromatic nitrogens is 2. The summed E-state index contributed by atoms with van der Waals surface area (Å²) >= 11 is 12.0. The van der Waals surface area contributed by atoms with E-state index in [9.17, 15) is 0 Å². The van der Waals surface area contributed by atoms with Crippen molar-refractivity contribution >= 4 is 23.2 Å². The Morgan fingerprint density at radius 3 is 2.95 bits per heavy atom. The van der Waals surface area contributed by atoms with Gasteiger partial charge < -0.3 is 15.0 Å². The third-order valence-electron chi connectivity index (χ3n) is 2.63. The maximum Gasteiger partial charge on any atom is 0.120 e. The van der Waals surface area contributed by atoms with Crippen LogP contribution >= 0.6 is 23.2 Å². The van der Waals surface area contributed by atoms with Crippen molar-refractivity contribution in [2.24, 2.45) is 0 Å². The van der Waals surface area contributed by atoms with E-state index in [1.54, 1.807) is 25.4 Å². The molecule has 4 nitrogen and oxygen atoms in total.